The second kappa shape index (κ2) is 37.6. The zero-order valence-corrected chi connectivity index (χ0v) is 46.9. The van der Waals surface area contributed by atoms with Crippen molar-refractivity contribution in [1.82, 2.24) is 26.6 Å². The van der Waals surface area contributed by atoms with Crippen LogP contribution in [0.5, 0.6) is 0 Å². The summed E-state index contributed by atoms with van der Waals surface area (Å²) in [4.78, 5) is 168. The number of aliphatic carboxylic acids is 1. The summed E-state index contributed by atoms with van der Waals surface area (Å²) < 4.78 is 0. The third kappa shape index (κ3) is 28.9. The van der Waals surface area contributed by atoms with E-state index in [1.807, 2.05) is 27.7 Å². The van der Waals surface area contributed by atoms with Gasteiger partial charge in [0.2, 0.25) is 17.7 Å². The molecular formula is C46H73B8N6O14PS. The SMILES string of the molecule is [B]B=S(=B[B])(B([B])[B])C(=O)CNC(=O)C(CC(=O)CNC(=O)C(CCC(=O)NCC(=O)CC(CC(C)C)C(=O)NCC(=O)P([B])C)CC(=O)CCC(CC(=O)CNC(=O)C(CC(=O)CN)CC(C)C)C(=O)O)CC(C)C. The van der Waals surface area contributed by atoms with Gasteiger partial charge in [0, 0.05) is 50.4 Å². The summed E-state index contributed by atoms with van der Waals surface area (Å²) in [7, 11) is 24.2. The van der Waals surface area contributed by atoms with Crippen LogP contribution in [0.15, 0.2) is 0 Å². The standard InChI is InChI=1S/C46H73B8N6O14PS/c1-26(2)12-31(17-35(62)20-55)43(70)58-22-36(63)16-30(46(73)74)8-10-34(61)15-29(9-11-39(66)56-21-37(64)18-32(13-27(3)4)44(71)59-24-40(67)75(7)51)42(69)57-23-38(65)19-33(14-28(5)6)45(72)60-25-41(68)76(52-47,53-48)54(49)50/h26-33H,8-25,55H2,1-7H3,(H,56,66)(H,57,69)(H,58,70)(H,59,71)(H,60,72)(H,73,74). The Labute approximate surface area is 457 Å². The number of ketones is 5. The summed E-state index contributed by atoms with van der Waals surface area (Å²) in [5.74, 6) is -13.9. The van der Waals surface area contributed by atoms with Gasteiger partial charge >= 0.3 is 174 Å². The molecule has 0 rings (SSSR count). The Balaban J connectivity index is 6.18. The van der Waals surface area contributed by atoms with Gasteiger partial charge in [-0.05, 0) is 44.2 Å². The van der Waals surface area contributed by atoms with Crippen molar-refractivity contribution in [3.63, 3.8) is 0 Å². The van der Waals surface area contributed by atoms with Gasteiger partial charge in [-0.2, -0.15) is 0 Å². The number of carbonyl (C=O) groups excluding carboxylic acids is 12. The number of hydrogen-bond donors (Lipinski definition) is 7. The van der Waals surface area contributed by atoms with Gasteiger partial charge in [0.15, 0.2) is 17.1 Å². The maximum atomic E-state index is 13.7. The molecule has 6 atom stereocenters. The molecule has 0 bridgehead atoms. The third-order valence-electron chi connectivity index (χ3n) is 12.1. The van der Waals surface area contributed by atoms with Crippen LogP contribution in [0.4, 0.5) is 0 Å². The Kier molecular flexibility index (Phi) is 35.5. The molecule has 0 heterocycles. The predicted molar refractivity (Wildman–Crippen MR) is 301 cm³/mol. The molecule has 76 heavy (non-hydrogen) atoms. The molecule has 0 aromatic heterocycles. The van der Waals surface area contributed by atoms with Crippen LogP contribution in [0, 0.1) is 47.3 Å². The minimum atomic E-state index is -2.79. The first kappa shape index (κ1) is 71.8. The van der Waals surface area contributed by atoms with Crippen molar-refractivity contribution in [3.8, 4) is 0 Å². The van der Waals surface area contributed by atoms with Crippen molar-refractivity contribution in [2.45, 2.75) is 119 Å². The fraction of sp³-hybridized carbons (Fsp3) is 0.717. The van der Waals surface area contributed by atoms with E-state index in [4.69, 9.17) is 44.2 Å². The van der Waals surface area contributed by atoms with E-state index in [1.54, 1.807) is 13.8 Å². The molecule has 0 aliphatic rings. The van der Waals surface area contributed by atoms with Gasteiger partial charge in [-0.3, -0.25) is 43.2 Å². The molecule has 0 fully saturated rings. The Hall–Kier alpha value is -4.23. The molecule has 406 valence electrons. The molecule has 8 N–H and O–H groups in total. The number of nitrogens with two attached hydrogens (primary N) is 1. The van der Waals surface area contributed by atoms with E-state index >= 15 is 0 Å². The number of rotatable bonds is 40. The first-order valence-corrected chi connectivity index (χ1v) is 29.0. The number of carboxylic acids is 1. The molecular weight excluding hydrogens is 1010 g/mol. The predicted octanol–water partition coefficient (Wildman–Crippen LogP) is -1.03. The summed E-state index contributed by atoms with van der Waals surface area (Å²) in [6.07, 6.45) is -2.49. The second-order valence-electron chi connectivity index (χ2n) is 20.2. The van der Waals surface area contributed by atoms with E-state index in [0.717, 1.165) is 12.1 Å². The molecule has 0 saturated carbocycles. The van der Waals surface area contributed by atoms with Crippen molar-refractivity contribution in [1.29, 1.82) is 0 Å². The molecule has 0 aliphatic carbocycles. The van der Waals surface area contributed by atoms with Crippen molar-refractivity contribution in [2.75, 3.05) is 45.9 Å². The van der Waals surface area contributed by atoms with Crippen LogP contribution in [0.2, 0.25) is 0 Å². The quantitative estimate of drug-likeness (QED) is 0.0285. The van der Waals surface area contributed by atoms with Crippen LogP contribution in [0.1, 0.15) is 119 Å². The van der Waals surface area contributed by atoms with Gasteiger partial charge in [0.1, 0.15) is 19.1 Å². The zero-order chi connectivity index (χ0) is 58.5. The van der Waals surface area contributed by atoms with Crippen LogP contribution >= 0.6 is 16.5 Å². The Bertz CT molecular complexity index is 2200. The summed E-state index contributed by atoms with van der Waals surface area (Å²) >= 11 is 0. The topological polar surface area (TPSA) is 328 Å². The van der Waals surface area contributed by atoms with E-state index in [-0.39, 0.29) is 80.7 Å². The van der Waals surface area contributed by atoms with Gasteiger partial charge in [-0.25, -0.2) is 0 Å². The van der Waals surface area contributed by atoms with Crippen LogP contribution < -0.4 is 32.3 Å². The molecule has 0 aromatic rings. The van der Waals surface area contributed by atoms with Crippen LogP contribution in [-0.2, 0) is 62.3 Å². The van der Waals surface area contributed by atoms with Crippen molar-refractivity contribution in [2.24, 2.45) is 53.1 Å². The Morgan fingerprint density at radius 2 is 0.882 bits per heavy atom. The molecule has 0 aliphatic heterocycles. The first-order valence-electron chi connectivity index (χ1n) is 25.3. The van der Waals surface area contributed by atoms with Gasteiger partial charge in [0.25, 0.3) is 0 Å². The fourth-order valence-electron chi connectivity index (χ4n) is 7.95. The Morgan fingerprint density at radius 1 is 0.526 bits per heavy atom. The minimum absolute atomic E-state index is 0.00257. The van der Waals surface area contributed by atoms with Crippen molar-refractivity contribution < 1.29 is 67.4 Å². The summed E-state index contributed by atoms with van der Waals surface area (Å²) in [5, 5.41) is 21.7. The molecule has 5 amide bonds. The molecule has 6 unspecified atom stereocenters. The van der Waals surface area contributed by atoms with E-state index < -0.39 is 168 Å². The van der Waals surface area contributed by atoms with E-state index in [0.29, 0.717) is 12.8 Å². The first-order chi connectivity index (χ1) is 35.4. The van der Waals surface area contributed by atoms with Gasteiger partial charge in [0.05, 0.1) is 32.1 Å². The van der Waals surface area contributed by atoms with Crippen LogP contribution in [-0.4, -0.2) is 182 Å². The van der Waals surface area contributed by atoms with E-state index in [2.05, 4.69) is 26.6 Å². The van der Waals surface area contributed by atoms with Crippen molar-refractivity contribution >= 4 is 148 Å². The molecule has 30 heteroatoms. The zero-order valence-electron chi connectivity index (χ0n) is 45.2. The number of carbonyl (C=O) groups is 13. The van der Waals surface area contributed by atoms with Gasteiger partial charge in [-0.15, -0.1) is 0 Å². The van der Waals surface area contributed by atoms with Crippen LogP contribution in [0.3, 0.4) is 0 Å². The number of carboxylic acid groups (broad SMARTS) is 1. The maximum absolute atomic E-state index is 13.7. The molecule has 0 aromatic carbocycles. The summed E-state index contributed by atoms with van der Waals surface area (Å²) in [6, 6.07) is 1.99. The van der Waals surface area contributed by atoms with Gasteiger partial charge < -0.3 is 26.8 Å². The Morgan fingerprint density at radius 3 is 1.26 bits per heavy atom. The molecule has 0 spiro atoms. The molecule has 20 nitrogen and oxygen atoms in total. The van der Waals surface area contributed by atoms with Crippen molar-refractivity contribution in [3.05, 3.63) is 0 Å². The third-order valence-corrected chi connectivity index (χ3v) is 15.8. The number of Topliss-reactive ketones (excluding diaryl/α,β-unsaturated/α-hetero) is 5. The average molecular weight is 1080 g/mol. The normalized spacial score (nSPS) is 13.6. The number of hydrogen-bond acceptors (Lipinski definition) is 14. The molecule has 10 radical (unpaired) electrons. The number of amides is 5. The summed E-state index contributed by atoms with van der Waals surface area (Å²) in [5.41, 5.74) is 5.07. The molecule has 0 saturated heterocycles. The summed E-state index contributed by atoms with van der Waals surface area (Å²) in [6.45, 7) is 9.80. The van der Waals surface area contributed by atoms with E-state index in [9.17, 15) is 67.4 Å². The monoisotopic (exact) mass is 1080 g/mol. The fourth-order valence-corrected chi connectivity index (χ4v) is 9.66. The number of nitrogens with one attached hydrogen (secondary N) is 5. The van der Waals surface area contributed by atoms with Gasteiger partial charge in [-0.1, -0.05) is 35.5 Å². The second-order valence-corrected chi connectivity index (χ2v) is 25.0. The average Bonchev–Trinajstić information content (AvgIpc) is 3.34. The van der Waals surface area contributed by atoms with Crippen LogP contribution in [0.25, 0.3) is 0 Å². The van der Waals surface area contributed by atoms with E-state index in [1.165, 1.54) is 6.66 Å².